The SMILES string of the molecule is CCCNc1ncc(CN(C)c2ccc(C#N)cc2)s1. The average molecular weight is 286 g/mol. The molecule has 0 unspecified atom stereocenters. The third-order valence-corrected chi connectivity index (χ3v) is 3.85. The van der Waals surface area contributed by atoms with E-state index in [4.69, 9.17) is 5.26 Å². The standard InChI is InChI=1S/C15H18N4S/c1-3-8-17-15-18-10-14(20-15)11-19(2)13-6-4-12(9-16)5-7-13/h4-7,10H,3,8,11H2,1-2H3,(H,17,18). The van der Waals surface area contributed by atoms with Crippen LogP contribution >= 0.6 is 11.3 Å². The summed E-state index contributed by atoms with van der Waals surface area (Å²) in [6, 6.07) is 9.75. The molecule has 2 aromatic rings. The number of hydrogen-bond donors (Lipinski definition) is 1. The van der Waals surface area contributed by atoms with Crippen molar-refractivity contribution in [3.63, 3.8) is 0 Å². The lowest BCUT2D eigenvalue weighted by Gasteiger charge is -2.18. The minimum Gasteiger partial charge on any atom is -0.369 e. The van der Waals surface area contributed by atoms with Crippen molar-refractivity contribution in [1.29, 1.82) is 5.26 Å². The Morgan fingerprint density at radius 1 is 1.35 bits per heavy atom. The zero-order valence-electron chi connectivity index (χ0n) is 11.8. The summed E-state index contributed by atoms with van der Waals surface area (Å²) in [7, 11) is 2.04. The van der Waals surface area contributed by atoms with E-state index in [2.05, 4.69) is 28.2 Å². The van der Waals surface area contributed by atoms with Crippen LogP contribution in [0.1, 0.15) is 23.8 Å². The molecule has 0 radical (unpaired) electrons. The molecule has 2 rings (SSSR count). The number of anilines is 2. The summed E-state index contributed by atoms with van der Waals surface area (Å²) in [6.45, 7) is 3.91. The molecule has 0 atom stereocenters. The van der Waals surface area contributed by atoms with Crippen LogP contribution in [0.2, 0.25) is 0 Å². The van der Waals surface area contributed by atoms with Crippen molar-refractivity contribution >= 4 is 22.2 Å². The van der Waals surface area contributed by atoms with E-state index < -0.39 is 0 Å². The first-order chi connectivity index (χ1) is 9.72. The Bertz CT molecular complexity index is 583. The second kappa shape index (κ2) is 6.92. The summed E-state index contributed by atoms with van der Waals surface area (Å²) in [5, 5.41) is 13.1. The smallest absolute Gasteiger partial charge is 0.182 e. The van der Waals surface area contributed by atoms with Crippen LogP contribution in [0.3, 0.4) is 0 Å². The number of nitrogens with zero attached hydrogens (tertiary/aromatic N) is 3. The van der Waals surface area contributed by atoms with E-state index in [1.54, 1.807) is 11.3 Å². The van der Waals surface area contributed by atoms with E-state index in [0.717, 1.165) is 30.3 Å². The highest BCUT2D eigenvalue weighted by Gasteiger charge is 2.06. The van der Waals surface area contributed by atoms with Gasteiger partial charge in [0.05, 0.1) is 18.2 Å². The molecule has 1 aromatic heterocycles. The minimum absolute atomic E-state index is 0.686. The van der Waals surface area contributed by atoms with E-state index in [1.165, 1.54) is 4.88 Å². The Balaban J connectivity index is 1.98. The lowest BCUT2D eigenvalue weighted by atomic mass is 10.2. The van der Waals surface area contributed by atoms with Gasteiger partial charge in [-0.05, 0) is 30.7 Å². The Labute approximate surface area is 123 Å². The number of thiazole rings is 1. The van der Waals surface area contributed by atoms with Gasteiger partial charge >= 0.3 is 0 Å². The Kier molecular flexibility index (Phi) is 4.97. The fraction of sp³-hybridized carbons (Fsp3) is 0.333. The molecule has 0 saturated heterocycles. The van der Waals surface area contributed by atoms with Gasteiger partial charge in [0, 0.05) is 30.4 Å². The largest absolute Gasteiger partial charge is 0.369 e. The van der Waals surface area contributed by atoms with Gasteiger partial charge in [-0.2, -0.15) is 5.26 Å². The summed E-state index contributed by atoms with van der Waals surface area (Å²) < 4.78 is 0. The predicted octanol–water partition coefficient (Wildman–Crippen LogP) is 3.47. The maximum absolute atomic E-state index is 8.80. The highest BCUT2D eigenvalue weighted by atomic mass is 32.1. The number of nitrogens with one attached hydrogen (secondary N) is 1. The topological polar surface area (TPSA) is 52.0 Å². The maximum atomic E-state index is 8.80. The normalized spacial score (nSPS) is 10.1. The van der Waals surface area contributed by atoms with Gasteiger partial charge in [0.1, 0.15) is 0 Å². The Morgan fingerprint density at radius 3 is 2.75 bits per heavy atom. The molecule has 1 heterocycles. The molecular formula is C15H18N4S. The highest BCUT2D eigenvalue weighted by molar-refractivity contribution is 7.15. The number of nitriles is 1. The Hall–Kier alpha value is -2.06. The molecule has 0 aliphatic rings. The molecule has 1 aromatic carbocycles. The van der Waals surface area contributed by atoms with E-state index in [-0.39, 0.29) is 0 Å². The summed E-state index contributed by atoms with van der Waals surface area (Å²) >= 11 is 1.69. The molecule has 0 fully saturated rings. The molecule has 0 saturated carbocycles. The third-order valence-electron chi connectivity index (χ3n) is 2.91. The van der Waals surface area contributed by atoms with Crippen LogP contribution in [0.4, 0.5) is 10.8 Å². The second-order valence-corrected chi connectivity index (χ2v) is 5.69. The van der Waals surface area contributed by atoms with Gasteiger partial charge in [0.25, 0.3) is 0 Å². The van der Waals surface area contributed by atoms with Crippen LogP contribution in [0, 0.1) is 11.3 Å². The van der Waals surface area contributed by atoms with Crippen molar-refractivity contribution in [2.45, 2.75) is 19.9 Å². The molecule has 0 aliphatic carbocycles. The molecule has 5 heteroatoms. The zero-order chi connectivity index (χ0) is 14.4. The monoisotopic (exact) mass is 286 g/mol. The fourth-order valence-corrected chi connectivity index (χ4v) is 2.70. The van der Waals surface area contributed by atoms with Gasteiger partial charge in [0.15, 0.2) is 5.13 Å². The molecule has 20 heavy (non-hydrogen) atoms. The number of hydrogen-bond acceptors (Lipinski definition) is 5. The van der Waals surface area contributed by atoms with Crippen molar-refractivity contribution in [1.82, 2.24) is 4.98 Å². The number of benzene rings is 1. The van der Waals surface area contributed by atoms with Gasteiger partial charge in [-0.25, -0.2) is 4.98 Å². The summed E-state index contributed by atoms with van der Waals surface area (Å²) in [5.74, 6) is 0. The van der Waals surface area contributed by atoms with Crippen LogP contribution in [-0.4, -0.2) is 18.6 Å². The van der Waals surface area contributed by atoms with E-state index in [0.29, 0.717) is 5.56 Å². The first-order valence-corrected chi connectivity index (χ1v) is 7.44. The summed E-state index contributed by atoms with van der Waals surface area (Å²) in [4.78, 5) is 7.73. The van der Waals surface area contributed by atoms with Crippen LogP contribution in [-0.2, 0) is 6.54 Å². The number of rotatable bonds is 6. The quantitative estimate of drug-likeness (QED) is 0.883. The third kappa shape index (κ3) is 3.72. The predicted molar refractivity (Wildman–Crippen MR) is 84.2 cm³/mol. The van der Waals surface area contributed by atoms with Crippen LogP contribution in [0.5, 0.6) is 0 Å². The maximum Gasteiger partial charge on any atom is 0.182 e. The second-order valence-electron chi connectivity index (χ2n) is 4.57. The summed E-state index contributed by atoms with van der Waals surface area (Å²) in [5.41, 5.74) is 1.78. The molecule has 0 aliphatic heterocycles. The van der Waals surface area contributed by atoms with Crippen LogP contribution in [0.15, 0.2) is 30.5 Å². The van der Waals surface area contributed by atoms with Gasteiger partial charge in [-0.15, -0.1) is 11.3 Å². The van der Waals surface area contributed by atoms with Crippen molar-refractivity contribution in [2.24, 2.45) is 0 Å². The lowest BCUT2D eigenvalue weighted by molar-refractivity contribution is 0.936. The lowest BCUT2D eigenvalue weighted by Crippen LogP contribution is -2.15. The molecular weight excluding hydrogens is 268 g/mol. The van der Waals surface area contributed by atoms with E-state index >= 15 is 0 Å². The van der Waals surface area contributed by atoms with Crippen LogP contribution < -0.4 is 10.2 Å². The van der Waals surface area contributed by atoms with E-state index in [1.807, 2.05) is 37.5 Å². The Morgan fingerprint density at radius 2 is 2.10 bits per heavy atom. The van der Waals surface area contributed by atoms with Crippen LogP contribution in [0.25, 0.3) is 0 Å². The molecule has 0 bridgehead atoms. The van der Waals surface area contributed by atoms with Gasteiger partial charge in [-0.1, -0.05) is 6.92 Å². The average Bonchev–Trinajstić information content (AvgIpc) is 2.92. The zero-order valence-corrected chi connectivity index (χ0v) is 12.6. The van der Waals surface area contributed by atoms with Gasteiger partial charge in [0.2, 0.25) is 0 Å². The highest BCUT2D eigenvalue weighted by Crippen LogP contribution is 2.22. The molecule has 1 N–H and O–H groups in total. The van der Waals surface area contributed by atoms with Crippen molar-refractivity contribution in [3.8, 4) is 6.07 Å². The fourth-order valence-electron chi connectivity index (χ4n) is 1.81. The van der Waals surface area contributed by atoms with Gasteiger partial charge < -0.3 is 10.2 Å². The molecule has 4 nitrogen and oxygen atoms in total. The van der Waals surface area contributed by atoms with Gasteiger partial charge in [-0.3, -0.25) is 0 Å². The summed E-state index contributed by atoms with van der Waals surface area (Å²) in [6.07, 6.45) is 3.02. The van der Waals surface area contributed by atoms with Crippen molar-refractivity contribution < 1.29 is 0 Å². The minimum atomic E-state index is 0.686. The van der Waals surface area contributed by atoms with E-state index in [9.17, 15) is 0 Å². The first kappa shape index (κ1) is 14.4. The first-order valence-electron chi connectivity index (χ1n) is 6.62. The molecule has 0 spiro atoms. The van der Waals surface area contributed by atoms with Crippen molar-refractivity contribution in [2.75, 3.05) is 23.8 Å². The molecule has 104 valence electrons. The molecule has 0 amide bonds. The number of aromatic nitrogens is 1. The van der Waals surface area contributed by atoms with Crippen molar-refractivity contribution in [3.05, 3.63) is 40.9 Å².